The zero-order chi connectivity index (χ0) is 13.6. The van der Waals surface area contributed by atoms with Crippen LogP contribution in [0.15, 0.2) is 18.2 Å². The van der Waals surface area contributed by atoms with E-state index in [9.17, 15) is 18.0 Å². The van der Waals surface area contributed by atoms with E-state index in [-0.39, 0.29) is 17.0 Å². The van der Waals surface area contributed by atoms with Crippen LogP contribution in [0.4, 0.5) is 13.2 Å². The van der Waals surface area contributed by atoms with Gasteiger partial charge in [0.05, 0.1) is 12.0 Å². The fourth-order valence-corrected chi connectivity index (χ4v) is 2.37. The van der Waals surface area contributed by atoms with Crippen LogP contribution in [0, 0.1) is 0 Å². The molecule has 0 heterocycles. The Bertz CT molecular complexity index is 493. The Balaban J connectivity index is 2.48. The van der Waals surface area contributed by atoms with Crippen molar-refractivity contribution in [2.45, 2.75) is 30.9 Å². The van der Waals surface area contributed by atoms with E-state index in [1.807, 2.05) is 0 Å². The third-order valence-corrected chi connectivity index (χ3v) is 3.44. The van der Waals surface area contributed by atoms with Crippen LogP contribution in [0.2, 0.25) is 5.02 Å². The van der Waals surface area contributed by atoms with E-state index in [4.69, 9.17) is 16.7 Å². The van der Waals surface area contributed by atoms with E-state index in [0.29, 0.717) is 12.8 Å². The quantitative estimate of drug-likeness (QED) is 0.911. The summed E-state index contributed by atoms with van der Waals surface area (Å²) in [5, 5.41) is 8.79. The van der Waals surface area contributed by atoms with Crippen LogP contribution < -0.4 is 0 Å². The number of rotatable bonds is 3. The van der Waals surface area contributed by atoms with Crippen LogP contribution in [-0.2, 0) is 16.4 Å². The lowest BCUT2D eigenvalue weighted by Gasteiger charge is -2.19. The molecule has 1 aliphatic carbocycles. The Hall–Kier alpha value is -1.23. The predicted molar refractivity (Wildman–Crippen MR) is 59.6 cm³/mol. The van der Waals surface area contributed by atoms with Gasteiger partial charge in [-0.05, 0) is 30.5 Å². The number of hydrogen-bond acceptors (Lipinski definition) is 1. The topological polar surface area (TPSA) is 37.3 Å². The average molecular weight is 279 g/mol. The van der Waals surface area contributed by atoms with E-state index in [1.165, 1.54) is 12.1 Å². The number of alkyl halides is 3. The van der Waals surface area contributed by atoms with Crippen molar-refractivity contribution < 1.29 is 23.1 Å². The van der Waals surface area contributed by atoms with Gasteiger partial charge < -0.3 is 5.11 Å². The second kappa shape index (κ2) is 4.16. The fourth-order valence-electron chi connectivity index (χ4n) is 2.20. The summed E-state index contributed by atoms with van der Waals surface area (Å²) in [7, 11) is 0. The van der Waals surface area contributed by atoms with E-state index in [2.05, 4.69) is 0 Å². The van der Waals surface area contributed by atoms with Gasteiger partial charge in [0.1, 0.15) is 0 Å². The highest BCUT2D eigenvalue weighted by Crippen LogP contribution is 2.54. The van der Waals surface area contributed by atoms with Gasteiger partial charge in [-0.1, -0.05) is 17.7 Å². The number of hydrogen-bond donors (Lipinski definition) is 1. The minimum Gasteiger partial charge on any atom is -0.481 e. The third kappa shape index (κ3) is 2.46. The van der Waals surface area contributed by atoms with Crippen molar-refractivity contribution in [2.24, 2.45) is 0 Å². The molecule has 0 unspecified atom stereocenters. The van der Waals surface area contributed by atoms with Gasteiger partial charge in [-0.25, -0.2) is 0 Å². The predicted octanol–water partition coefficient (Wildman–Crippen LogP) is 3.87. The molecule has 1 aromatic rings. The van der Waals surface area contributed by atoms with Gasteiger partial charge in [0, 0.05) is 10.4 Å². The zero-order valence-corrected chi connectivity index (χ0v) is 9.98. The molecule has 2 rings (SSSR count). The minimum atomic E-state index is -4.52. The van der Waals surface area contributed by atoms with Crippen LogP contribution in [0.1, 0.15) is 30.4 Å². The summed E-state index contributed by atoms with van der Waals surface area (Å²) in [4.78, 5) is 10.7. The number of benzene rings is 1. The minimum absolute atomic E-state index is 0.00259. The molecule has 0 saturated heterocycles. The van der Waals surface area contributed by atoms with Crippen LogP contribution in [0.25, 0.3) is 0 Å². The molecule has 0 aromatic heterocycles. The second-order valence-electron chi connectivity index (χ2n) is 4.54. The SMILES string of the molecule is O=C(O)CC1(c2ccc(Cl)cc2C(F)(F)F)CC1. The van der Waals surface area contributed by atoms with Crippen LogP contribution >= 0.6 is 11.6 Å². The van der Waals surface area contributed by atoms with Gasteiger partial charge in [-0.3, -0.25) is 4.79 Å². The van der Waals surface area contributed by atoms with Crippen LogP contribution in [0.3, 0.4) is 0 Å². The third-order valence-electron chi connectivity index (χ3n) is 3.20. The number of carboxylic acids is 1. The maximum absolute atomic E-state index is 12.9. The van der Waals surface area contributed by atoms with Crippen molar-refractivity contribution in [3.05, 3.63) is 34.3 Å². The van der Waals surface area contributed by atoms with E-state index in [1.54, 1.807) is 0 Å². The van der Waals surface area contributed by atoms with Crippen molar-refractivity contribution in [3.63, 3.8) is 0 Å². The highest BCUT2D eigenvalue weighted by Gasteiger charge is 2.50. The monoisotopic (exact) mass is 278 g/mol. The largest absolute Gasteiger partial charge is 0.481 e. The number of aliphatic carboxylic acids is 1. The number of carboxylic acid groups (broad SMARTS) is 1. The van der Waals surface area contributed by atoms with Gasteiger partial charge >= 0.3 is 12.1 Å². The molecule has 0 bridgehead atoms. The summed E-state index contributed by atoms with van der Waals surface area (Å²) in [5.74, 6) is -1.09. The lowest BCUT2D eigenvalue weighted by Crippen LogP contribution is -2.19. The van der Waals surface area contributed by atoms with Crippen LogP contribution in [-0.4, -0.2) is 11.1 Å². The Labute approximate surface area is 106 Å². The molecule has 0 radical (unpaired) electrons. The molecule has 0 atom stereocenters. The van der Waals surface area contributed by atoms with Gasteiger partial charge in [0.2, 0.25) is 0 Å². The van der Waals surface area contributed by atoms with E-state index in [0.717, 1.165) is 6.07 Å². The molecule has 18 heavy (non-hydrogen) atoms. The summed E-state index contributed by atoms with van der Waals surface area (Å²) >= 11 is 5.58. The maximum atomic E-state index is 12.9. The second-order valence-corrected chi connectivity index (χ2v) is 4.97. The first-order chi connectivity index (χ1) is 8.24. The summed E-state index contributed by atoms with van der Waals surface area (Å²) in [6, 6.07) is 3.52. The summed E-state index contributed by atoms with van der Waals surface area (Å²) in [6.45, 7) is 0. The summed E-state index contributed by atoms with van der Waals surface area (Å²) < 4.78 is 38.8. The smallest absolute Gasteiger partial charge is 0.416 e. The first kappa shape index (κ1) is 13.2. The van der Waals surface area contributed by atoms with Crippen molar-refractivity contribution >= 4 is 17.6 Å². The molecule has 6 heteroatoms. The molecule has 1 saturated carbocycles. The lowest BCUT2D eigenvalue weighted by atomic mass is 9.88. The van der Waals surface area contributed by atoms with E-state index < -0.39 is 23.1 Å². The van der Waals surface area contributed by atoms with Gasteiger partial charge in [0.15, 0.2) is 0 Å². The number of halogens is 4. The van der Waals surface area contributed by atoms with Crippen molar-refractivity contribution in [2.75, 3.05) is 0 Å². The molecule has 2 nitrogen and oxygen atoms in total. The molecule has 1 N–H and O–H groups in total. The zero-order valence-electron chi connectivity index (χ0n) is 9.22. The van der Waals surface area contributed by atoms with Crippen molar-refractivity contribution in [1.29, 1.82) is 0 Å². The van der Waals surface area contributed by atoms with Gasteiger partial charge in [-0.15, -0.1) is 0 Å². The first-order valence-corrected chi connectivity index (χ1v) is 5.71. The lowest BCUT2D eigenvalue weighted by molar-refractivity contribution is -0.141. The molecule has 1 fully saturated rings. The summed E-state index contributed by atoms with van der Waals surface area (Å²) in [5.41, 5.74) is -1.66. The number of carbonyl (C=O) groups is 1. The van der Waals surface area contributed by atoms with E-state index >= 15 is 0 Å². The molecular weight excluding hydrogens is 269 g/mol. The molecule has 1 aliphatic rings. The van der Waals surface area contributed by atoms with Gasteiger partial charge in [0.25, 0.3) is 0 Å². The normalized spacial score (nSPS) is 17.6. The van der Waals surface area contributed by atoms with Gasteiger partial charge in [-0.2, -0.15) is 13.2 Å². The first-order valence-electron chi connectivity index (χ1n) is 5.34. The Morgan fingerprint density at radius 3 is 2.44 bits per heavy atom. The molecule has 0 amide bonds. The standard InChI is InChI=1S/C12H10ClF3O2/c13-7-1-2-8(9(5-7)12(14,15)16)11(3-4-11)6-10(17)18/h1-2,5H,3-4,6H2,(H,17,18). The summed E-state index contributed by atoms with van der Waals surface area (Å²) in [6.07, 6.45) is -3.87. The Morgan fingerprint density at radius 2 is 2.00 bits per heavy atom. The van der Waals surface area contributed by atoms with Crippen LogP contribution in [0.5, 0.6) is 0 Å². The van der Waals surface area contributed by atoms with Crippen molar-refractivity contribution in [3.8, 4) is 0 Å². The fraction of sp³-hybridized carbons (Fsp3) is 0.417. The molecule has 0 spiro atoms. The molecule has 0 aliphatic heterocycles. The molecular formula is C12H10ClF3O2. The Kier molecular flexibility index (Phi) is 3.05. The Morgan fingerprint density at radius 1 is 1.39 bits per heavy atom. The average Bonchev–Trinajstić information content (AvgIpc) is 2.96. The maximum Gasteiger partial charge on any atom is 0.416 e. The highest BCUT2D eigenvalue weighted by molar-refractivity contribution is 6.30. The molecule has 1 aromatic carbocycles. The van der Waals surface area contributed by atoms with Crippen molar-refractivity contribution in [1.82, 2.24) is 0 Å². The highest BCUT2D eigenvalue weighted by atomic mass is 35.5. The molecule has 98 valence electrons.